The van der Waals surface area contributed by atoms with Crippen molar-refractivity contribution in [2.45, 2.75) is 40.5 Å². The molecule has 0 N–H and O–H groups in total. The van der Waals surface area contributed by atoms with Gasteiger partial charge in [0.1, 0.15) is 0 Å². The van der Waals surface area contributed by atoms with Crippen molar-refractivity contribution in [3.05, 3.63) is 12.7 Å². The smallest absolute Gasteiger partial charge is 0.0293 e. The predicted octanol–water partition coefficient (Wildman–Crippen LogP) is 3.63. The van der Waals surface area contributed by atoms with Crippen LogP contribution in [0.2, 0.25) is 0 Å². The Morgan fingerprint density at radius 1 is 1.22 bits per heavy atom. The summed E-state index contributed by atoms with van der Waals surface area (Å²) in [7, 11) is 0. The molecule has 0 bridgehead atoms. The zero-order valence-electron chi connectivity index (χ0n) is 7.28. The zero-order valence-corrected chi connectivity index (χ0v) is 7.28. The van der Waals surface area contributed by atoms with Gasteiger partial charge in [0.05, 0.1) is 0 Å². The summed E-state index contributed by atoms with van der Waals surface area (Å²) < 4.78 is 0. The standard InChI is InChI=1S/C5H10.C4H10/c1-4-5(2)3;1-3-4-2/h4-5H,1H2,2-3H3;3-4H2,1-2H3. The van der Waals surface area contributed by atoms with Gasteiger partial charge in [-0.3, -0.25) is 0 Å². The van der Waals surface area contributed by atoms with Crippen LogP contribution in [0.4, 0.5) is 0 Å². The second kappa shape index (κ2) is 10.7. The first-order chi connectivity index (χ1) is 4.18. The van der Waals surface area contributed by atoms with E-state index in [0.29, 0.717) is 5.92 Å². The fourth-order valence-corrected chi connectivity index (χ4v) is 0. The van der Waals surface area contributed by atoms with Crippen molar-refractivity contribution in [1.29, 1.82) is 0 Å². The molecule has 0 heterocycles. The van der Waals surface area contributed by atoms with Crippen LogP contribution in [-0.4, -0.2) is 0 Å². The molecule has 0 aromatic heterocycles. The third kappa shape index (κ3) is 34.0. The lowest BCUT2D eigenvalue weighted by molar-refractivity contribution is 0.835. The third-order valence-corrected chi connectivity index (χ3v) is 0.971. The molecule has 0 aliphatic carbocycles. The van der Waals surface area contributed by atoms with Crippen molar-refractivity contribution >= 4 is 0 Å². The van der Waals surface area contributed by atoms with E-state index in [9.17, 15) is 0 Å². The fraction of sp³-hybridized carbons (Fsp3) is 0.778. The van der Waals surface area contributed by atoms with E-state index in [-0.39, 0.29) is 0 Å². The van der Waals surface area contributed by atoms with E-state index in [0.717, 1.165) is 0 Å². The molecule has 0 unspecified atom stereocenters. The predicted molar refractivity (Wildman–Crippen MR) is 45.6 cm³/mol. The maximum atomic E-state index is 3.56. The lowest BCUT2D eigenvalue weighted by atomic mass is 10.2. The maximum Gasteiger partial charge on any atom is -0.0293 e. The molecule has 0 saturated heterocycles. The van der Waals surface area contributed by atoms with Gasteiger partial charge in [-0.15, -0.1) is 6.58 Å². The molecule has 0 aliphatic rings. The molecule has 0 amide bonds. The van der Waals surface area contributed by atoms with Crippen LogP contribution in [0.5, 0.6) is 0 Å². The van der Waals surface area contributed by atoms with Crippen LogP contribution in [0.1, 0.15) is 40.5 Å². The molecule has 0 heteroatoms. The first kappa shape index (κ1) is 11.5. The lowest BCUT2D eigenvalue weighted by Crippen LogP contribution is -1.71. The third-order valence-electron chi connectivity index (χ3n) is 0.971. The highest BCUT2D eigenvalue weighted by Crippen LogP contribution is 1.87. The molecule has 0 saturated carbocycles. The van der Waals surface area contributed by atoms with E-state index in [4.69, 9.17) is 0 Å². The van der Waals surface area contributed by atoms with Gasteiger partial charge in [0, 0.05) is 0 Å². The molecule has 0 radical (unpaired) electrons. The zero-order chi connectivity index (χ0) is 7.70. The normalized spacial score (nSPS) is 8.11. The number of allylic oxidation sites excluding steroid dienone is 1. The van der Waals surface area contributed by atoms with Gasteiger partial charge in [-0.2, -0.15) is 0 Å². The van der Waals surface area contributed by atoms with Crippen LogP contribution in [0.15, 0.2) is 12.7 Å². The summed E-state index contributed by atoms with van der Waals surface area (Å²) in [5.41, 5.74) is 0. The van der Waals surface area contributed by atoms with Crippen molar-refractivity contribution in [3.8, 4) is 0 Å². The second-order valence-corrected chi connectivity index (χ2v) is 2.48. The number of rotatable bonds is 2. The lowest BCUT2D eigenvalue weighted by Gasteiger charge is -1.84. The first-order valence-electron chi connectivity index (χ1n) is 3.81. The van der Waals surface area contributed by atoms with E-state index < -0.39 is 0 Å². The Balaban J connectivity index is 0. The fourth-order valence-electron chi connectivity index (χ4n) is 0. The number of hydrogen-bond donors (Lipinski definition) is 0. The van der Waals surface area contributed by atoms with Crippen molar-refractivity contribution in [3.63, 3.8) is 0 Å². The van der Waals surface area contributed by atoms with Crippen molar-refractivity contribution in [2.75, 3.05) is 0 Å². The van der Waals surface area contributed by atoms with E-state index in [2.05, 4.69) is 34.3 Å². The summed E-state index contributed by atoms with van der Waals surface area (Å²) in [4.78, 5) is 0. The Bertz CT molecular complexity index is 42.0. The molecule has 0 nitrogen and oxygen atoms in total. The van der Waals surface area contributed by atoms with Crippen molar-refractivity contribution in [1.82, 2.24) is 0 Å². The van der Waals surface area contributed by atoms with Crippen LogP contribution in [0, 0.1) is 5.92 Å². The van der Waals surface area contributed by atoms with E-state index >= 15 is 0 Å². The topological polar surface area (TPSA) is 0 Å². The summed E-state index contributed by atoms with van der Waals surface area (Å²) in [6, 6.07) is 0. The molecule has 0 aliphatic heterocycles. The molecule has 0 rings (SSSR count). The molecule has 0 spiro atoms. The molecule has 0 atom stereocenters. The molecule has 0 aromatic rings. The van der Waals surface area contributed by atoms with Crippen LogP contribution in [0.3, 0.4) is 0 Å². The van der Waals surface area contributed by atoms with E-state index in [1.54, 1.807) is 0 Å². The van der Waals surface area contributed by atoms with Gasteiger partial charge in [0.15, 0.2) is 0 Å². The van der Waals surface area contributed by atoms with Crippen LogP contribution < -0.4 is 0 Å². The highest BCUT2D eigenvalue weighted by atomic mass is 13.8. The van der Waals surface area contributed by atoms with E-state index in [1.807, 2.05) is 6.08 Å². The monoisotopic (exact) mass is 128 g/mol. The first-order valence-corrected chi connectivity index (χ1v) is 3.81. The largest absolute Gasteiger partial charge is 0.103 e. The van der Waals surface area contributed by atoms with Gasteiger partial charge >= 0.3 is 0 Å². The Hall–Kier alpha value is -0.260. The molecule has 0 aromatic carbocycles. The summed E-state index contributed by atoms with van der Waals surface area (Å²) in [5, 5.41) is 0. The molecular formula is C9H20. The average molecular weight is 128 g/mol. The molecule has 56 valence electrons. The summed E-state index contributed by atoms with van der Waals surface area (Å²) in [6.07, 6.45) is 4.56. The molecule has 0 fully saturated rings. The minimum absolute atomic E-state index is 0.648. The average Bonchev–Trinajstić information content (AvgIpc) is 1.89. The summed E-state index contributed by atoms with van der Waals surface area (Å²) in [5.74, 6) is 0.648. The quantitative estimate of drug-likeness (QED) is 0.498. The SMILES string of the molecule is C=CC(C)C.CCCC. The molecule has 9 heavy (non-hydrogen) atoms. The van der Waals surface area contributed by atoms with Crippen LogP contribution in [0.25, 0.3) is 0 Å². The number of hydrogen-bond acceptors (Lipinski definition) is 0. The Labute approximate surface area is 60.0 Å². The van der Waals surface area contributed by atoms with Gasteiger partial charge in [0.25, 0.3) is 0 Å². The minimum atomic E-state index is 0.648. The second-order valence-electron chi connectivity index (χ2n) is 2.48. The Morgan fingerprint density at radius 2 is 1.44 bits per heavy atom. The summed E-state index contributed by atoms with van der Waals surface area (Å²) in [6.45, 7) is 12.1. The Morgan fingerprint density at radius 3 is 1.44 bits per heavy atom. The van der Waals surface area contributed by atoms with Crippen molar-refractivity contribution < 1.29 is 0 Å². The molecular weight excluding hydrogens is 108 g/mol. The highest BCUT2D eigenvalue weighted by Gasteiger charge is 1.73. The van der Waals surface area contributed by atoms with Gasteiger partial charge in [0.2, 0.25) is 0 Å². The number of unbranched alkanes of at least 4 members (excludes halogenated alkanes) is 1. The van der Waals surface area contributed by atoms with Gasteiger partial charge in [-0.05, 0) is 5.92 Å². The van der Waals surface area contributed by atoms with Gasteiger partial charge in [-0.25, -0.2) is 0 Å². The van der Waals surface area contributed by atoms with Crippen LogP contribution >= 0.6 is 0 Å². The maximum absolute atomic E-state index is 3.56. The van der Waals surface area contributed by atoms with Gasteiger partial charge in [-0.1, -0.05) is 46.6 Å². The summed E-state index contributed by atoms with van der Waals surface area (Å²) >= 11 is 0. The van der Waals surface area contributed by atoms with Crippen LogP contribution in [-0.2, 0) is 0 Å². The Kier molecular flexibility index (Phi) is 13.7. The van der Waals surface area contributed by atoms with Crippen molar-refractivity contribution in [2.24, 2.45) is 5.92 Å². The van der Waals surface area contributed by atoms with E-state index in [1.165, 1.54) is 12.8 Å². The van der Waals surface area contributed by atoms with Gasteiger partial charge < -0.3 is 0 Å². The minimum Gasteiger partial charge on any atom is -0.103 e. The highest BCUT2D eigenvalue weighted by molar-refractivity contribution is 4.69.